The van der Waals surface area contributed by atoms with Gasteiger partial charge in [0.1, 0.15) is 11.6 Å². The maximum absolute atomic E-state index is 4.91. The number of nitrogens with zero attached hydrogens (tertiary/aromatic N) is 5. The maximum atomic E-state index is 4.91. The highest BCUT2D eigenvalue weighted by molar-refractivity contribution is 5.84. The van der Waals surface area contributed by atoms with Crippen LogP contribution in [0.4, 0.5) is 11.6 Å². The summed E-state index contributed by atoms with van der Waals surface area (Å²) in [5, 5.41) is 11.4. The van der Waals surface area contributed by atoms with E-state index in [4.69, 9.17) is 4.98 Å². The van der Waals surface area contributed by atoms with E-state index >= 15 is 0 Å². The topological polar surface area (TPSA) is 70.4 Å². The van der Waals surface area contributed by atoms with Crippen LogP contribution in [0, 0.1) is 0 Å². The van der Waals surface area contributed by atoms with Gasteiger partial charge in [0.2, 0.25) is 0 Å². The van der Waals surface area contributed by atoms with Crippen LogP contribution >= 0.6 is 0 Å². The van der Waals surface area contributed by atoms with E-state index in [2.05, 4.69) is 31.7 Å². The third-order valence-corrected chi connectivity index (χ3v) is 4.81. The Morgan fingerprint density at radius 3 is 2.84 bits per heavy atom. The van der Waals surface area contributed by atoms with Crippen molar-refractivity contribution in [1.82, 2.24) is 24.9 Å². The van der Waals surface area contributed by atoms with E-state index < -0.39 is 0 Å². The van der Waals surface area contributed by atoms with Gasteiger partial charge in [0.25, 0.3) is 0 Å². The molecule has 0 unspecified atom stereocenters. The number of hydrogen-bond donors (Lipinski definition) is 2. The van der Waals surface area contributed by atoms with E-state index in [9.17, 15) is 0 Å². The summed E-state index contributed by atoms with van der Waals surface area (Å²) >= 11 is 0. The van der Waals surface area contributed by atoms with Crippen LogP contribution in [-0.4, -0.2) is 51.8 Å². The van der Waals surface area contributed by atoms with Crippen molar-refractivity contribution in [3.63, 3.8) is 0 Å². The summed E-state index contributed by atoms with van der Waals surface area (Å²) in [4.78, 5) is 11.8. The van der Waals surface area contributed by atoms with Crippen molar-refractivity contribution < 1.29 is 0 Å². The molecule has 25 heavy (non-hydrogen) atoms. The van der Waals surface area contributed by atoms with Gasteiger partial charge in [-0.2, -0.15) is 5.10 Å². The summed E-state index contributed by atoms with van der Waals surface area (Å²) in [6.45, 7) is 3.95. The lowest BCUT2D eigenvalue weighted by molar-refractivity contribution is 0.585. The molecule has 7 heteroatoms. The van der Waals surface area contributed by atoms with Crippen LogP contribution in [0.15, 0.2) is 36.8 Å². The fourth-order valence-electron chi connectivity index (χ4n) is 3.28. The minimum absolute atomic E-state index is 0.555. The first-order chi connectivity index (χ1) is 12.4. The second kappa shape index (κ2) is 6.00. The minimum Gasteiger partial charge on any atom is -0.367 e. The number of anilines is 2. The number of fused-ring (bicyclic) bond motifs is 1. The molecule has 128 valence electrons. The van der Waals surface area contributed by atoms with Crippen LogP contribution in [0.1, 0.15) is 12.8 Å². The maximum Gasteiger partial charge on any atom is 0.165 e. The van der Waals surface area contributed by atoms with Gasteiger partial charge in [-0.15, -0.1) is 0 Å². The Bertz CT molecular complexity index is 893. The number of hydrogen-bond acceptors (Lipinski definition) is 6. The zero-order valence-electron chi connectivity index (χ0n) is 14.0. The highest BCUT2D eigenvalue weighted by Gasteiger charge is 2.23. The molecule has 1 saturated carbocycles. The summed E-state index contributed by atoms with van der Waals surface area (Å²) in [5.41, 5.74) is 2.96. The van der Waals surface area contributed by atoms with Crippen molar-refractivity contribution >= 4 is 17.3 Å². The van der Waals surface area contributed by atoms with Crippen LogP contribution < -0.4 is 15.5 Å². The lowest BCUT2D eigenvalue weighted by atomic mass is 10.1. The predicted molar refractivity (Wildman–Crippen MR) is 97.9 cm³/mol. The summed E-state index contributed by atoms with van der Waals surface area (Å²) in [7, 11) is 0. The molecule has 0 spiro atoms. The first kappa shape index (κ1) is 14.7. The Balaban J connectivity index is 1.57. The summed E-state index contributed by atoms with van der Waals surface area (Å²) in [6, 6.07) is 6.66. The SMILES string of the molecule is c1cnc(NC2CC2)c(-c2cnn3ccc(N4CCNCC4)nc23)c1. The average Bonchev–Trinajstić information content (AvgIpc) is 3.39. The van der Waals surface area contributed by atoms with Crippen molar-refractivity contribution in [2.75, 3.05) is 36.4 Å². The second-order valence-corrected chi connectivity index (χ2v) is 6.67. The summed E-state index contributed by atoms with van der Waals surface area (Å²) < 4.78 is 1.84. The van der Waals surface area contributed by atoms with E-state index in [1.54, 1.807) is 0 Å². The van der Waals surface area contributed by atoms with Crippen molar-refractivity contribution in [3.05, 3.63) is 36.8 Å². The summed E-state index contributed by atoms with van der Waals surface area (Å²) in [5.74, 6) is 1.94. The molecular formula is C18H21N7. The Morgan fingerprint density at radius 1 is 1.12 bits per heavy atom. The van der Waals surface area contributed by atoms with Gasteiger partial charge in [-0.25, -0.2) is 14.5 Å². The van der Waals surface area contributed by atoms with E-state index in [-0.39, 0.29) is 0 Å². The molecule has 2 fully saturated rings. The molecule has 7 nitrogen and oxygen atoms in total. The quantitative estimate of drug-likeness (QED) is 0.757. The van der Waals surface area contributed by atoms with Crippen molar-refractivity contribution in [2.45, 2.75) is 18.9 Å². The van der Waals surface area contributed by atoms with E-state index in [1.165, 1.54) is 12.8 Å². The second-order valence-electron chi connectivity index (χ2n) is 6.67. The van der Waals surface area contributed by atoms with Crippen molar-refractivity contribution in [2.24, 2.45) is 0 Å². The molecule has 5 rings (SSSR count). The fourth-order valence-corrected chi connectivity index (χ4v) is 3.28. The van der Waals surface area contributed by atoms with Gasteiger partial charge in [0.05, 0.1) is 11.8 Å². The molecular weight excluding hydrogens is 314 g/mol. The van der Waals surface area contributed by atoms with Crippen LogP contribution in [0.2, 0.25) is 0 Å². The van der Waals surface area contributed by atoms with E-state index in [0.29, 0.717) is 6.04 Å². The third kappa shape index (κ3) is 2.80. The molecule has 0 amide bonds. The van der Waals surface area contributed by atoms with Crippen LogP contribution in [0.25, 0.3) is 16.8 Å². The molecule has 1 aliphatic carbocycles. The molecule has 0 bridgehead atoms. The van der Waals surface area contributed by atoms with Gasteiger partial charge in [-0.1, -0.05) is 0 Å². The van der Waals surface area contributed by atoms with Crippen molar-refractivity contribution in [3.8, 4) is 11.1 Å². The first-order valence-electron chi connectivity index (χ1n) is 8.90. The van der Waals surface area contributed by atoms with Gasteiger partial charge in [-0.3, -0.25) is 0 Å². The van der Waals surface area contributed by atoms with Crippen LogP contribution in [0.3, 0.4) is 0 Å². The Hall–Kier alpha value is -2.67. The highest BCUT2D eigenvalue weighted by Crippen LogP contribution is 2.33. The minimum atomic E-state index is 0.555. The highest BCUT2D eigenvalue weighted by atomic mass is 15.3. The van der Waals surface area contributed by atoms with Crippen LogP contribution in [-0.2, 0) is 0 Å². The first-order valence-corrected chi connectivity index (χ1v) is 8.90. The normalized spacial score (nSPS) is 17.8. The molecule has 0 atom stereocenters. The molecule has 0 aromatic carbocycles. The molecule has 4 heterocycles. The van der Waals surface area contributed by atoms with E-state index in [0.717, 1.165) is 54.6 Å². The standard InChI is InChI=1S/C18H21N7/c1-2-14(17(20-6-1)22-13-3-4-13)15-12-21-25-9-5-16(23-18(15)25)24-10-7-19-8-11-24/h1-2,5-6,9,12-13,19H,3-4,7-8,10-11H2,(H,20,22). The summed E-state index contributed by atoms with van der Waals surface area (Å²) in [6.07, 6.45) is 8.15. The molecule has 0 radical (unpaired) electrons. The molecule has 2 N–H and O–H groups in total. The monoisotopic (exact) mass is 335 g/mol. The van der Waals surface area contributed by atoms with Crippen LogP contribution in [0.5, 0.6) is 0 Å². The Labute approximate surface area is 146 Å². The molecule has 1 aliphatic heterocycles. The van der Waals surface area contributed by atoms with Gasteiger partial charge in [0, 0.05) is 50.2 Å². The zero-order chi connectivity index (χ0) is 16.6. The number of aromatic nitrogens is 4. The smallest absolute Gasteiger partial charge is 0.165 e. The van der Waals surface area contributed by atoms with Crippen molar-refractivity contribution in [1.29, 1.82) is 0 Å². The molecule has 3 aromatic rings. The largest absolute Gasteiger partial charge is 0.367 e. The van der Waals surface area contributed by atoms with Gasteiger partial charge in [-0.05, 0) is 31.0 Å². The molecule has 3 aromatic heterocycles. The number of pyridine rings is 1. The van der Waals surface area contributed by atoms with E-state index in [1.807, 2.05) is 35.2 Å². The Morgan fingerprint density at radius 2 is 2.00 bits per heavy atom. The van der Waals surface area contributed by atoms with Gasteiger partial charge >= 0.3 is 0 Å². The number of rotatable bonds is 4. The average molecular weight is 335 g/mol. The number of nitrogens with one attached hydrogen (secondary N) is 2. The molecule has 2 aliphatic rings. The lowest BCUT2D eigenvalue weighted by Gasteiger charge is -2.28. The predicted octanol–water partition coefficient (Wildman–Crippen LogP) is 1.78. The van der Waals surface area contributed by atoms with Gasteiger partial charge < -0.3 is 15.5 Å². The lowest BCUT2D eigenvalue weighted by Crippen LogP contribution is -2.43. The zero-order valence-corrected chi connectivity index (χ0v) is 14.0. The molecule has 1 saturated heterocycles. The Kier molecular flexibility index (Phi) is 3.52. The fraction of sp³-hybridized carbons (Fsp3) is 0.389. The third-order valence-electron chi connectivity index (χ3n) is 4.81. The van der Waals surface area contributed by atoms with Gasteiger partial charge in [0.15, 0.2) is 5.65 Å². The number of piperazine rings is 1.